The molecule has 0 N–H and O–H groups in total. The standard InChI is InChI=1S/C25H31N3O3S/c1-15(29)27(20-4-5-21-22(9-20)31-14-30-21)23-13-32-24(28(23)19-2-3-19)26-25-10-16-6-17(11-25)8-18(7-16)12-25/h4-5,9,16-19,23H,2-3,6-8,10-14H2,1H3. The number of anilines is 1. The maximum Gasteiger partial charge on any atom is 0.231 e. The molecule has 7 aliphatic rings. The average molecular weight is 454 g/mol. The van der Waals surface area contributed by atoms with Crippen LogP contribution in [-0.4, -0.2) is 46.3 Å². The summed E-state index contributed by atoms with van der Waals surface area (Å²) in [7, 11) is 0. The van der Waals surface area contributed by atoms with E-state index in [0.29, 0.717) is 6.04 Å². The smallest absolute Gasteiger partial charge is 0.231 e. The Kier molecular flexibility index (Phi) is 4.31. The second-order valence-electron chi connectivity index (χ2n) is 10.9. The number of nitrogens with zero attached hydrogens (tertiary/aromatic N) is 3. The molecule has 5 saturated carbocycles. The summed E-state index contributed by atoms with van der Waals surface area (Å²) in [5.74, 6) is 5.09. The van der Waals surface area contributed by atoms with Crippen LogP contribution in [-0.2, 0) is 4.79 Å². The van der Waals surface area contributed by atoms with Crippen LogP contribution in [0.1, 0.15) is 58.3 Å². The first-order valence-corrected chi connectivity index (χ1v) is 13.3. The lowest BCUT2D eigenvalue weighted by molar-refractivity contribution is -0.117. The summed E-state index contributed by atoms with van der Waals surface area (Å²) < 4.78 is 11.1. The third-order valence-corrected chi connectivity index (χ3v) is 9.48. The van der Waals surface area contributed by atoms with E-state index >= 15 is 0 Å². The first-order chi connectivity index (χ1) is 15.6. The fourth-order valence-corrected chi connectivity index (χ4v) is 8.76. The number of amides is 1. The van der Waals surface area contributed by atoms with Gasteiger partial charge >= 0.3 is 0 Å². The van der Waals surface area contributed by atoms with E-state index in [9.17, 15) is 4.79 Å². The third-order valence-electron chi connectivity index (χ3n) is 8.45. The molecular formula is C25H31N3O3S. The van der Waals surface area contributed by atoms with E-state index in [1.807, 2.05) is 34.9 Å². The molecule has 1 aromatic rings. The van der Waals surface area contributed by atoms with Crippen LogP contribution in [0.4, 0.5) is 5.69 Å². The Balaban J connectivity index is 1.22. The highest BCUT2D eigenvalue weighted by atomic mass is 32.2. The van der Waals surface area contributed by atoms with Crippen LogP contribution in [0.3, 0.4) is 0 Å². The van der Waals surface area contributed by atoms with Crippen LogP contribution in [0.2, 0.25) is 0 Å². The molecule has 2 aliphatic heterocycles. The Labute approximate surface area is 193 Å². The topological polar surface area (TPSA) is 54.4 Å². The Morgan fingerprint density at radius 1 is 1.09 bits per heavy atom. The predicted octanol–water partition coefficient (Wildman–Crippen LogP) is 4.63. The Bertz CT molecular complexity index is 955. The van der Waals surface area contributed by atoms with Crippen LogP contribution in [0.5, 0.6) is 11.5 Å². The highest BCUT2D eigenvalue weighted by Gasteiger charge is 2.53. The van der Waals surface area contributed by atoms with Crippen molar-refractivity contribution in [1.29, 1.82) is 0 Å². The van der Waals surface area contributed by atoms with E-state index in [2.05, 4.69) is 4.90 Å². The minimum atomic E-state index is 0.0121. The first-order valence-electron chi connectivity index (χ1n) is 12.3. The summed E-state index contributed by atoms with van der Waals surface area (Å²) in [6.45, 7) is 1.92. The van der Waals surface area contributed by atoms with Gasteiger partial charge in [-0.25, -0.2) is 0 Å². The molecule has 1 saturated heterocycles. The molecule has 2 heterocycles. The third kappa shape index (κ3) is 3.14. The first kappa shape index (κ1) is 19.6. The molecule has 6 fully saturated rings. The molecule has 5 aliphatic carbocycles. The van der Waals surface area contributed by atoms with Crippen molar-refractivity contribution >= 4 is 28.5 Å². The van der Waals surface area contributed by atoms with Crippen LogP contribution < -0.4 is 14.4 Å². The van der Waals surface area contributed by atoms with Gasteiger partial charge in [-0.2, -0.15) is 0 Å². The molecule has 1 atom stereocenters. The fraction of sp³-hybridized carbons (Fsp3) is 0.680. The van der Waals surface area contributed by atoms with E-state index in [-0.39, 0.29) is 24.4 Å². The zero-order valence-corrected chi connectivity index (χ0v) is 19.5. The fourth-order valence-electron chi connectivity index (χ4n) is 7.48. The van der Waals surface area contributed by atoms with Gasteiger partial charge in [0.15, 0.2) is 16.7 Å². The van der Waals surface area contributed by atoms with Crippen molar-refractivity contribution in [3.63, 3.8) is 0 Å². The second kappa shape index (κ2) is 7.05. The summed E-state index contributed by atoms with van der Waals surface area (Å²) in [5, 5.41) is 1.20. The van der Waals surface area contributed by atoms with Crippen LogP contribution in [0.15, 0.2) is 23.2 Å². The largest absolute Gasteiger partial charge is 0.454 e. The molecule has 1 amide bonds. The Morgan fingerprint density at radius 2 is 1.78 bits per heavy atom. The lowest BCUT2D eigenvalue weighted by Crippen LogP contribution is -2.53. The number of carbonyl (C=O) groups excluding carboxylic acids is 1. The number of rotatable bonds is 4. The molecule has 4 bridgehead atoms. The van der Waals surface area contributed by atoms with Gasteiger partial charge in [0, 0.05) is 30.5 Å². The Morgan fingerprint density at radius 3 is 2.44 bits per heavy atom. The van der Waals surface area contributed by atoms with E-state index in [1.165, 1.54) is 56.5 Å². The molecular weight excluding hydrogens is 422 g/mol. The van der Waals surface area contributed by atoms with E-state index in [1.54, 1.807) is 6.92 Å². The molecule has 1 aromatic carbocycles. The molecule has 7 heteroatoms. The number of benzene rings is 1. The zero-order chi connectivity index (χ0) is 21.4. The van der Waals surface area contributed by atoms with Crippen LogP contribution in [0, 0.1) is 17.8 Å². The summed E-state index contributed by atoms with van der Waals surface area (Å²) in [5.41, 5.74) is 1.05. The van der Waals surface area contributed by atoms with Crippen molar-refractivity contribution in [3.05, 3.63) is 18.2 Å². The van der Waals surface area contributed by atoms with Gasteiger partial charge in [-0.15, -0.1) is 0 Å². The van der Waals surface area contributed by atoms with Crippen LogP contribution in [0.25, 0.3) is 0 Å². The van der Waals surface area contributed by atoms with Crippen molar-refractivity contribution < 1.29 is 14.3 Å². The van der Waals surface area contributed by atoms with E-state index in [0.717, 1.165) is 40.7 Å². The number of fused-ring (bicyclic) bond motifs is 1. The Hall–Kier alpha value is -1.89. The lowest BCUT2D eigenvalue weighted by atomic mass is 9.53. The number of aliphatic imine (C=N–C) groups is 1. The molecule has 6 nitrogen and oxygen atoms in total. The van der Waals surface area contributed by atoms with Gasteiger partial charge in [0.2, 0.25) is 12.7 Å². The SMILES string of the molecule is CC(=O)N(c1ccc2c(c1)OCO2)C1CSC(=NC23CC4CC(CC(C4)C2)C3)N1C1CC1. The number of hydrogen-bond acceptors (Lipinski definition) is 5. The molecule has 32 heavy (non-hydrogen) atoms. The van der Waals surface area contributed by atoms with Crippen molar-refractivity contribution in [2.75, 3.05) is 17.4 Å². The minimum absolute atomic E-state index is 0.0121. The molecule has 0 spiro atoms. The number of thioether (sulfide) groups is 1. The summed E-state index contributed by atoms with van der Waals surface area (Å²) in [6.07, 6.45) is 10.6. The summed E-state index contributed by atoms with van der Waals surface area (Å²) >= 11 is 1.87. The monoisotopic (exact) mass is 453 g/mol. The van der Waals surface area contributed by atoms with E-state index < -0.39 is 0 Å². The number of amidine groups is 1. The quantitative estimate of drug-likeness (QED) is 0.665. The maximum atomic E-state index is 12.9. The molecule has 8 rings (SSSR count). The highest BCUT2D eigenvalue weighted by molar-refractivity contribution is 8.14. The maximum absolute atomic E-state index is 12.9. The number of carbonyl (C=O) groups is 1. The van der Waals surface area contributed by atoms with Crippen molar-refractivity contribution in [2.24, 2.45) is 22.7 Å². The molecule has 1 unspecified atom stereocenters. The number of ether oxygens (including phenoxy) is 2. The van der Waals surface area contributed by atoms with Crippen LogP contribution >= 0.6 is 11.8 Å². The second-order valence-corrected chi connectivity index (χ2v) is 11.9. The highest BCUT2D eigenvalue weighted by Crippen LogP contribution is 2.58. The van der Waals surface area contributed by atoms with Gasteiger partial charge in [0.1, 0.15) is 6.17 Å². The van der Waals surface area contributed by atoms with E-state index in [4.69, 9.17) is 14.5 Å². The normalized spacial score (nSPS) is 38.0. The average Bonchev–Trinajstić information content (AvgIpc) is 3.32. The van der Waals surface area contributed by atoms with Crippen molar-refractivity contribution in [2.45, 2.75) is 76.0 Å². The van der Waals surface area contributed by atoms with Gasteiger partial charge in [-0.3, -0.25) is 14.7 Å². The number of hydrogen-bond donors (Lipinski definition) is 0. The van der Waals surface area contributed by atoms with Gasteiger partial charge in [0.25, 0.3) is 0 Å². The molecule has 170 valence electrons. The van der Waals surface area contributed by atoms with Gasteiger partial charge in [-0.05, 0) is 81.3 Å². The minimum Gasteiger partial charge on any atom is -0.454 e. The molecule has 0 radical (unpaired) electrons. The lowest BCUT2D eigenvalue weighted by Gasteiger charge is -2.55. The molecule has 0 aromatic heterocycles. The van der Waals surface area contributed by atoms with Gasteiger partial charge < -0.3 is 14.4 Å². The zero-order valence-electron chi connectivity index (χ0n) is 18.7. The van der Waals surface area contributed by atoms with Crippen molar-refractivity contribution in [3.8, 4) is 11.5 Å². The summed E-state index contributed by atoms with van der Waals surface area (Å²) in [6, 6.07) is 6.37. The van der Waals surface area contributed by atoms with Gasteiger partial charge in [0.05, 0.1) is 5.54 Å². The van der Waals surface area contributed by atoms with Gasteiger partial charge in [-0.1, -0.05) is 11.8 Å². The predicted molar refractivity (Wildman–Crippen MR) is 125 cm³/mol. The summed E-state index contributed by atoms with van der Waals surface area (Å²) in [4.78, 5) is 22.9. The van der Waals surface area contributed by atoms with Crippen molar-refractivity contribution in [1.82, 2.24) is 4.90 Å².